The third-order valence-electron chi connectivity index (χ3n) is 6.33. The van der Waals surface area contributed by atoms with Crippen molar-refractivity contribution in [1.29, 1.82) is 0 Å². The van der Waals surface area contributed by atoms with Gasteiger partial charge < -0.3 is 14.4 Å². The summed E-state index contributed by atoms with van der Waals surface area (Å²) in [6, 6.07) is 0. The predicted molar refractivity (Wildman–Crippen MR) is 106 cm³/mol. The summed E-state index contributed by atoms with van der Waals surface area (Å²) in [4.78, 5) is 34.8. The molecule has 29 heavy (non-hydrogen) atoms. The fraction of sp³-hybridized carbons (Fsp3) is 0.650. The second-order valence-electron chi connectivity index (χ2n) is 8.70. The van der Waals surface area contributed by atoms with Gasteiger partial charge in [0, 0.05) is 52.3 Å². The fourth-order valence-corrected chi connectivity index (χ4v) is 4.62. The molecule has 0 radical (unpaired) electrons. The van der Waals surface area contributed by atoms with E-state index in [1.807, 2.05) is 48.5 Å². The minimum absolute atomic E-state index is 0.134. The predicted octanol–water partition coefficient (Wildman–Crippen LogP) is 1.03. The molecule has 0 saturated carbocycles. The Morgan fingerprint density at radius 3 is 2.66 bits per heavy atom. The highest BCUT2D eigenvalue weighted by Crippen LogP contribution is 2.43. The number of imidazole rings is 1. The molecule has 2 amide bonds. The van der Waals surface area contributed by atoms with Crippen LogP contribution in [0.25, 0.3) is 0 Å². The van der Waals surface area contributed by atoms with Gasteiger partial charge >= 0.3 is 0 Å². The van der Waals surface area contributed by atoms with Crippen LogP contribution < -0.4 is 0 Å². The van der Waals surface area contributed by atoms with Gasteiger partial charge in [-0.25, -0.2) is 4.98 Å². The van der Waals surface area contributed by atoms with E-state index in [-0.39, 0.29) is 11.8 Å². The number of carbonyl (C=O) groups excluding carboxylic acids is 2. The van der Waals surface area contributed by atoms with Gasteiger partial charge in [-0.15, -0.1) is 5.10 Å². The Balaban J connectivity index is 1.73. The molecule has 1 saturated heterocycles. The van der Waals surface area contributed by atoms with E-state index >= 15 is 0 Å². The number of nitrogens with zero attached hydrogens (tertiary/aromatic N) is 7. The van der Waals surface area contributed by atoms with E-state index in [2.05, 4.69) is 10.3 Å². The highest BCUT2D eigenvalue weighted by molar-refractivity contribution is 5.94. The largest absolute Gasteiger partial charge is 0.340 e. The lowest BCUT2D eigenvalue weighted by Crippen LogP contribution is -2.55. The first kappa shape index (κ1) is 19.6. The summed E-state index contributed by atoms with van der Waals surface area (Å²) < 4.78 is 3.65. The first-order chi connectivity index (χ1) is 13.7. The van der Waals surface area contributed by atoms with Gasteiger partial charge in [0.05, 0.1) is 17.7 Å². The topological polar surface area (TPSA) is 89.2 Å². The monoisotopic (exact) mass is 399 g/mol. The zero-order valence-electron chi connectivity index (χ0n) is 17.8. The molecule has 9 heteroatoms. The Kier molecular flexibility index (Phi) is 4.71. The minimum atomic E-state index is -0.609. The number of aromatic nitrogens is 5. The van der Waals surface area contributed by atoms with Crippen LogP contribution in [0.2, 0.25) is 0 Å². The van der Waals surface area contributed by atoms with E-state index in [0.29, 0.717) is 44.1 Å². The zero-order valence-corrected chi connectivity index (χ0v) is 17.8. The van der Waals surface area contributed by atoms with Crippen LogP contribution in [0.5, 0.6) is 0 Å². The summed E-state index contributed by atoms with van der Waals surface area (Å²) >= 11 is 0. The van der Waals surface area contributed by atoms with Crippen LogP contribution in [0, 0.1) is 12.8 Å². The van der Waals surface area contributed by atoms with Gasteiger partial charge in [0.25, 0.3) is 5.91 Å². The van der Waals surface area contributed by atoms with Crippen LogP contribution in [0.4, 0.5) is 0 Å². The van der Waals surface area contributed by atoms with E-state index < -0.39 is 5.54 Å². The third kappa shape index (κ3) is 3.03. The molecule has 4 heterocycles. The molecule has 0 N–H and O–H groups in total. The van der Waals surface area contributed by atoms with E-state index in [1.54, 1.807) is 11.7 Å². The number of hydrogen-bond donors (Lipinski definition) is 0. The van der Waals surface area contributed by atoms with Crippen LogP contribution >= 0.6 is 0 Å². The number of aryl methyl sites for hydroxylation is 2. The number of likely N-dealkylation sites (tertiary alicyclic amines) is 1. The van der Waals surface area contributed by atoms with E-state index in [1.165, 1.54) is 0 Å². The van der Waals surface area contributed by atoms with Crippen molar-refractivity contribution < 1.29 is 9.59 Å². The Bertz CT molecular complexity index is 960. The molecule has 1 unspecified atom stereocenters. The van der Waals surface area contributed by atoms with E-state index in [4.69, 9.17) is 4.98 Å². The molecular weight excluding hydrogens is 370 g/mol. The quantitative estimate of drug-likeness (QED) is 0.769. The van der Waals surface area contributed by atoms with Crippen LogP contribution in [-0.4, -0.2) is 65.8 Å². The molecule has 2 aliphatic heterocycles. The maximum Gasteiger partial charge on any atom is 0.277 e. The number of fused-ring (bicyclic) bond motifs is 2. The Hall–Kier alpha value is -2.71. The van der Waals surface area contributed by atoms with Crippen molar-refractivity contribution in [2.24, 2.45) is 20.0 Å². The normalized spacial score (nSPS) is 21.3. The second kappa shape index (κ2) is 6.96. The van der Waals surface area contributed by atoms with Crippen LogP contribution in [0.15, 0.2) is 6.33 Å². The Morgan fingerprint density at radius 1 is 1.24 bits per heavy atom. The summed E-state index contributed by atoms with van der Waals surface area (Å²) in [5.74, 6) is 0.309. The summed E-state index contributed by atoms with van der Waals surface area (Å²) in [6.45, 7) is 7.64. The molecule has 1 spiro atoms. The van der Waals surface area contributed by atoms with Crippen molar-refractivity contribution in [1.82, 2.24) is 34.3 Å². The van der Waals surface area contributed by atoms with Crippen LogP contribution in [0.1, 0.15) is 54.3 Å². The van der Waals surface area contributed by atoms with Gasteiger partial charge in [-0.1, -0.05) is 19.1 Å². The molecule has 0 bridgehead atoms. The molecular formula is C20H29N7O2. The van der Waals surface area contributed by atoms with Gasteiger partial charge in [-0.05, 0) is 19.3 Å². The lowest BCUT2D eigenvalue weighted by Gasteiger charge is -2.43. The maximum atomic E-state index is 13.5. The van der Waals surface area contributed by atoms with Crippen molar-refractivity contribution in [2.45, 2.75) is 45.6 Å². The van der Waals surface area contributed by atoms with Crippen molar-refractivity contribution in [2.75, 3.05) is 19.6 Å². The number of amides is 2. The van der Waals surface area contributed by atoms with Crippen molar-refractivity contribution in [3.8, 4) is 0 Å². The number of hydrogen-bond acceptors (Lipinski definition) is 5. The van der Waals surface area contributed by atoms with Gasteiger partial charge in [0.2, 0.25) is 5.91 Å². The average Bonchev–Trinajstić information content (AvgIpc) is 3.35. The highest BCUT2D eigenvalue weighted by Gasteiger charge is 2.53. The fourth-order valence-electron chi connectivity index (χ4n) is 4.62. The molecule has 2 aromatic heterocycles. The van der Waals surface area contributed by atoms with Gasteiger partial charge in [0.1, 0.15) is 5.54 Å². The summed E-state index contributed by atoms with van der Waals surface area (Å²) in [5.41, 5.74) is 2.56. The van der Waals surface area contributed by atoms with Gasteiger partial charge in [-0.3, -0.25) is 14.3 Å². The molecule has 156 valence electrons. The van der Waals surface area contributed by atoms with Crippen molar-refractivity contribution in [3.05, 3.63) is 29.1 Å². The van der Waals surface area contributed by atoms with Gasteiger partial charge in [-0.2, -0.15) is 0 Å². The molecule has 1 fully saturated rings. The summed E-state index contributed by atoms with van der Waals surface area (Å²) in [7, 11) is 3.77. The van der Waals surface area contributed by atoms with Crippen LogP contribution in [0.3, 0.4) is 0 Å². The molecule has 4 rings (SSSR count). The molecule has 0 aromatic carbocycles. The minimum Gasteiger partial charge on any atom is -0.340 e. The number of rotatable bonds is 3. The first-order valence-corrected chi connectivity index (χ1v) is 10.2. The summed E-state index contributed by atoms with van der Waals surface area (Å²) in [6.07, 6.45) is 3.75. The smallest absolute Gasteiger partial charge is 0.277 e. The Morgan fingerprint density at radius 2 is 2.00 bits per heavy atom. The van der Waals surface area contributed by atoms with E-state index in [9.17, 15) is 9.59 Å². The zero-order chi connectivity index (χ0) is 20.9. The highest BCUT2D eigenvalue weighted by atomic mass is 16.2. The first-order valence-electron chi connectivity index (χ1n) is 10.2. The second-order valence-corrected chi connectivity index (χ2v) is 8.70. The maximum absolute atomic E-state index is 13.5. The van der Waals surface area contributed by atoms with Crippen LogP contribution in [-0.2, 0) is 30.8 Å². The Labute approximate surface area is 170 Å². The van der Waals surface area contributed by atoms with Crippen molar-refractivity contribution >= 4 is 11.8 Å². The molecule has 1 atom stereocenters. The molecule has 2 aliphatic rings. The van der Waals surface area contributed by atoms with E-state index in [0.717, 1.165) is 23.5 Å². The van der Waals surface area contributed by atoms with Gasteiger partial charge in [0.15, 0.2) is 5.69 Å². The number of carbonyl (C=O) groups is 2. The lowest BCUT2D eigenvalue weighted by atomic mass is 9.85. The lowest BCUT2D eigenvalue weighted by molar-refractivity contribution is -0.131. The molecule has 2 aromatic rings. The third-order valence-corrected chi connectivity index (χ3v) is 6.33. The van der Waals surface area contributed by atoms with Crippen molar-refractivity contribution in [3.63, 3.8) is 0 Å². The SMILES string of the molecule is Cc1c(C(=O)N2CCc3c(ncn3C)C23CCN(C(=O)CC(C)C)C3)nnn1C. The molecule has 0 aliphatic carbocycles. The average molecular weight is 399 g/mol. The standard InChI is InChI=1S/C20H29N7O2/c1-13(2)10-16(28)26-9-7-20(11-26)18-15(24(4)12-21-18)6-8-27(20)19(29)17-14(3)25(5)23-22-17/h12-13H,6-11H2,1-5H3. The summed E-state index contributed by atoms with van der Waals surface area (Å²) in [5, 5.41) is 8.12. The molecule has 9 nitrogen and oxygen atoms in total.